The number of amides is 1. The number of fused-ring (bicyclic) bond motifs is 1. The van der Waals surface area contributed by atoms with Gasteiger partial charge in [0.2, 0.25) is 0 Å². The number of anilines is 1. The van der Waals surface area contributed by atoms with E-state index in [1.165, 1.54) is 0 Å². The molecule has 0 unspecified atom stereocenters. The van der Waals surface area contributed by atoms with Crippen LogP contribution in [0.4, 0.5) is 5.69 Å². The highest BCUT2D eigenvalue weighted by molar-refractivity contribution is 6.02. The summed E-state index contributed by atoms with van der Waals surface area (Å²) >= 11 is 0. The lowest BCUT2D eigenvalue weighted by Crippen LogP contribution is -2.44. The standard InChI is InChI=1S/C19H17N5O/c25-19-15-8-4-5-9-16(15)21-18(23(19)13-10-11-13)17-12-20-24(22-17)14-6-2-1-3-7-14/h1-9,12-13,18,21H,10-11H2/t18-/m1/s1. The van der Waals surface area contributed by atoms with Crippen molar-refractivity contribution in [3.05, 3.63) is 72.1 Å². The Morgan fingerprint density at radius 3 is 2.56 bits per heavy atom. The van der Waals surface area contributed by atoms with Gasteiger partial charge in [0.1, 0.15) is 11.9 Å². The molecule has 1 aliphatic heterocycles. The summed E-state index contributed by atoms with van der Waals surface area (Å²) < 4.78 is 0. The normalized spacial score (nSPS) is 19.4. The molecule has 1 amide bonds. The van der Waals surface area contributed by atoms with E-state index in [2.05, 4.69) is 15.5 Å². The van der Waals surface area contributed by atoms with Gasteiger partial charge in [0.25, 0.3) is 5.91 Å². The minimum Gasteiger partial charge on any atom is -0.359 e. The summed E-state index contributed by atoms with van der Waals surface area (Å²) in [6, 6.07) is 17.7. The molecule has 1 fully saturated rings. The van der Waals surface area contributed by atoms with E-state index in [4.69, 9.17) is 0 Å². The maximum atomic E-state index is 13.0. The number of rotatable bonds is 3. The van der Waals surface area contributed by atoms with Crippen molar-refractivity contribution in [3.8, 4) is 5.69 Å². The highest BCUT2D eigenvalue weighted by Crippen LogP contribution is 2.40. The van der Waals surface area contributed by atoms with Gasteiger partial charge in [-0.3, -0.25) is 4.79 Å². The Morgan fingerprint density at radius 1 is 1.00 bits per heavy atom. The number of aromatic nitrogens is 3. The zero-order valence-corrected chi connectivity index (χ0v) is 13.5. The summed E-state index contributed by atoms with van der Waals surface area (Å²) in [6.45, 7) is 0. The van der Waals surface area contributed by atoms with E-state index in [9.17, 15) is 4.79 Å². The molecule has 0 saturated heterocycles. The van der Waals surface area contributed by atoms with Gasteiger partial charge in [-0.2, -0.15) is 9.90 Å². The summed E-state index contributed by atoms with van der Waals surface area (Å²) in [6.07, 6.45) is 3.53. The fourth-order valence-electron chi connectivity index (χ4n) is 3.30. The fourth-order valence-corrected chi connectivity index (χ4v) is 3.30. The molecule has 1 aliphatic carbocycles. The van der Waals surface area contributed by atoms with E-state index in [0.29, 0.717) is 0 Å². The number of hydrogen-bond donors (Lipinski definition) is 1. The first-order chi connectivity index (χ1) is 12.3. The van der Waals surface area contributed by atoms with Gasteiger partial charge >= 0.3 is 0 Å². The predicted octanol–water partition coefficient (Wildman–Crippen LogP) is 3.00. The number of para-hydroxylation sites is 2. The van der Waals surface area contributed by atoms with Crippen molar-refractivity contribution < 1.29 is 4.79 Å². The van der Waals surface area contributed by atoms with Gasteiger partial charge in [-0.05, 0) is 37.1 Å². The summed E-state index contributed by atoms with van der Waals surface area (Å²) in [4.78, 5) is 16.5. The number of carbonyl (C=O) groups excluding carboxylic acids is 1. The Hall–Kier alpha value is -3.15. The Labute approximate surface area is 145 Å². The van der Waals surface area contributed by atoms with Crippen LogP contribution in [-0.4, -0.2) is 31.8 Å². The van der Waals surface area contributed by atoms with E-state index in [1.54, 1.807) is 11.0 Å². The molecule has 0 radical (unpaired) electrons. The lowest BCUT2D eigenvalue weighted by molar-refractivity contribution is 0.0662. The van der Waals surface area contributed by atoms with Crippen LogP contribution < -0.4 is 5.32 Å². The van der Waals surface area contributed by atoms with Gasteiger partial charge in [0.05, 0.1) is 17.4 Å². The third-order valence-corrected chi connectivity index (χ3v) is 4.68. The minimum atomic E-state index is -0.285. The van der Waals surface area contributed by atoms with Crippen LogP contribution in [0, 0.1) is 0 Å². The van der Waals surface area contributed by atoms with Crippen LogP contribution in [0.25, 0.3) is 5.69 Å². The van der Waals surface area contributed by atoms with Crippen LogP contribution in [0.15, 0.2) is 60.8 Å². The van der Waals surface area contributed by atoms with Crippen LogP contribution in [-0.2, 0) is 0 Å². The first kappa shape index (κ1) is 14.2. The second-order valence-corrected chi connectivity index (χ2v) is 6.43. The monoisotopic (exact) mass is 331 g/mol. The summed E-state index contributed by atoms with van der Waals surface area (Å²) in [5.41, 5.74) is 3.22. The average molecular weight is 331 g/mol. The maximum Gasteiger partial charge on any atom is 0.258 e. The Morgan fingerprint density at radius 2 is 1.76 bits per heavy atom. The summed E-state index contributed by atoms with van der Waals surface area (Å²) in [5, 5.41) is 12.5. The second-order valence-electron chi connectivity index (χ2n) is 6.43. The van der Waals surface area contributed by atoms with Crippen LogP contribution in [0.3, 0.4) is 0 Å². The quantitative estimate of drug-likeness (QED) is 0.801. The molecule has 0 spiro atoms. The van der Waals surface area contributed by atoms with Crippen molar-refractivity contribution in [1.29, 1.82) is 0 Å². The smallest absolute Gasteiger partial charge is 0.258 e. The first-order valence-electron chi connectivity index (χ1n) is 8.47. The van der Waals surface area contributed by atoms with Gasteiger partial charge in [0, 0.05) is 11.7 Å². The largest absolute Gasteiger partial charge is 0.359 e. The number of carbonyl (C=O) groups is 1. The second kappa shape index (κ2) is 5.44. The maximum absolute atomic E-state index is 13.0. The average Bonchev–Trinajstić information content (AvgIpc) is 3.37. The molecule has 1 N–H and O–H groups in total. The number of hydrogen-bond acceptors (Lipinski definition) is 4. The van der Waals surface area contributed by atoms with E-state index < -0.39 is 0 Å². The van der Waals surface area contributed by atoms with Crippen molar-refractivity contribution >= 4 is 11.6 Å². The molecular formula is C19H17N5O. The Kier molecular flexibility index (Phi) is 3.09. The minimum absolute atomic E-state index is 0.0658. The topological polar surface area (TPSA) is 63.1 Å². The van der Waals surface area contributed by atoms with Crippen LogP contribution in [0.5, 0.6) is 0 Å². The molecule has 2 aliphatic rings. The highest BCUT2D eigenvalue weighted by Gasteiger charge is 2.43. The van der Waals surface area contributed by atoms with Crippen LogP contribution in [0.2, 0.25) is 0 Å². The predicted molar refractivity (Wildman–Crippen MR) is 93.4 cm³/mol. The van der Waals surface area contributed by atoms with Crippen molar-refractivity contribution in [3.63, 3.8) is 0 Å². The van der Waals surface area contributed by atoms with Gasteiger partial charge in [-0.15, -0.1) is 5.10 Å². The number of benzene rings is 2. The lowest BCUT2D eigenvalue weighted by Gasteiger charge is -2.37. The molecule has 2 heterocycles. The van der Waals surface area contributed by atoms with Gasteiger partial charge in [-0.1, -0.05) is 30.3 Å². The van der Waals surface area contributed by atoms with Crippen molar-refractivity contribution in [2.24, 2.45) is 0 Å². The third-order valence-electron chi connectivity index (χ3n) is 4.68. The summed E-state index contributed by atoms with van der Waals surface area (Å²) in [5.74, 6) is 0.0658. The third kappa shape index (κ3) is 2.38. The molecule has 6 nitrogen and oxygen atoms in total. The first-order valence-corrected chi connectivity index (χ1v) is 8.47. The molecule has 0 bridgehead atoms. The van der Waals surface area contributed by atoms with Crippen molar-refractivity contribution in [2.45, 2.75) is 25.0 Å². The van der Waals surface area contributed by atoms with Gasteiger partial charge in [-0.25, -0.2) is 0 Å². The Bertz CT molecular complexity index is 932. The van der Waals surface area contributed by atoms with Crippen LogP contribution in [0.1, 0.15) is 35.1 Å². The molecular weight excluding hydrogens is 314 g/mol. The zero-order chi connectivity index (χ0) is 16.8. The molecule has 6 heteroatoms. The zero-order valence-electron chi connectivity index (χ0n) is 13.5. The highest BCUT2D eigenvalue weighted by atomic mass is 16.2. The molecule has 1 atom stereocenters. The number of nitrogens with one attached hydrogen (secondary N) is 1. The molecule has 25 heavy (non-hydrogen) atoms. The number of nitrogens with zero attached hydrogens (tertiary/aromatic N) is 4. The molecule has 1 saturated carbocycles. The van der Waals surface area contributed by atoms with Gasteiger partial charge < -0.3 is 10.2 Å². The molecule has 124 valence electrons. The van der Waals surface area contributed by atoms with Gasteiger partial charge in [0.15, 0.2) is 0 Å². The van der Waals surface area contributed by atoms with E-state index in [-0.39, 0.29) is 18.1 Å². The van der Waals surface area contributed by atoms with E-state index >= 15 is 0 Å². The fraction of sp³-hybridized carbons (Fsp3) is 0.211. The van der Waals surface area contributed by atoms with E-state index in [0.717, 1.165) is 35.5 Å². The summed E-state index contributed by atoms with van der Waals surface area (Å²) in [7, 11) is 0. The SMILES string of the molecule is O=C1c2ccccc2N[C@@H](c2cnn(-c3ccccc3)n2)N1C1CC1. The Balaban J connectivity index is 1.54. The lowest BCUT2D eigenvalue weighted by atomic mass is 10.1. The van der Waals surface area contributed by atoms with E-state index in [1.807, 2.05) is 59.5 Å². The molecule has 5 rings (SSSR count). The van der Waals surface area contributed by atoms with Crippen molar-refractivity contribution in [2.75, 3.05) is 5.32 Å². The van der Waals surface area contributed by atoms with Crippen molar-refractivity contribution in [1.82, 2.24) is 19.9 Å². The molecule has 2 aromatic carbocycles. The molecule has 1 aromatic heterocycles. The van der Waals surface area contributed by atoms with Crippen LogP contribution >= 0.6 is 0 Å². The molecule has 3 aromatic rings.